The highest BCUT2D eigenvalue weighted by Gasteiger charge is 2.43. The van der Waals surface area contributed by atoms with Crippen molar-refractivity contribution in [3.05, 3.63) is 107 Å². The van der Waals surface area contributed by atoms with E-state index in [0.717, 1.165) is 16.9 Å². The predicted molar refractivity (Wildman–Crippen MR) is 132 cm³/mol. The number of hydrogen-bond acceptors (Lipinski definition) is 3. The van der Waals surface area contributed by atoms with Crippen molar-refractivity contribution in [1.82, 2.24) is 0 Å². The number of anilines is 2. The fourth-order valence-corrected chi connectivity index (χ4v) is 5.08. The molecular formula is C29H27FN2O2. The molecular weight excluding hydrogens is 427 g/mol. The number of carbonyl (C=O) groups is 2. The van der Waals surface area contributed by atoms with Gasteiger partial charge in [0.05, 0.1) is 23.8 Å². The van der Waals surface area contributed by atoms with Gasteiger partial charge in [0.1, 0.15) is 5.82 Å². The monoisotopic (exact) mass is 454 g/mol. The van der Waals surface area contributed by atoms with E-state index in [0.29, 0.717) is 29.7 Å². The third-order valence-electron chi connectivity index (χ3n) is 6.55. The highest BCUT2D eigenvalue weighted by atomic mass is 19.1. The third-order valence-corrected chi connectivity index (χ3v) is 6.55. The number of halogens is 1. The molecule has 0 saturated heterocycles. The number of benzene rings is 3. The second-order valence-electron chi connectivity index (χ2n) is 9.86. The Morgan fingerprint density at radius 1 is 0.971 bits per heavy atom. The van der Waals surface area contributed by atoms with Crippen LogP contribution in [0.3, 0.4) is 0 Å². The number of allylic oxidation sites excluding steroid dienone is 1. The molecule has 1 N–H and O–H groups in total. The molecule has 1 aliphatic carbocycles. The molecule has 34 heavy (non-hydrogen) atoms. The minimum Gasteiger partial charge on any atom is -0.357 e. The van der Waals surface area contributed by atoms with Crippen LogP contribution < -0.4 is 10.2 Å². The van der Waals surface area contributed by atoms with Crippen molar-refractivity contribution in [1.29, 1.82) is 0 Å². The maximum absolute atomic E-state index is 13.9. The van der Waals surface area contributed by atoms with E-state index in [-0.39, 0.29) is 29.3 Å². The molecule has 172 valence electrons. The van der Waals surface area contributed by atoms with Gasteiger partial charge in [0.15, 0.2) is 5.78 Å². The fraction of sp³-hybridized carbons (Fsp3) is 0.241. The number of Topliss-reactive ketones (excluding diaryl/α,β-unsaturated/α-hetero) is 1. The molecule has 0 spiro atoms. The first-order valence-corrected chi connectivity index (χ1v) is 11.6. The maximum Gasteiger partial charge on any atom is 0.232 e. The summed E-state index contributed by atoms with van der Waals surface area (Å²) in [6.07, 6.45) is 1.26. The molecule has 0 radical (unpaired) electrons. The van der Waals surface area contributed by atoms with Crippen molar-refractivity contribution < 1.29 is 14.0 Å². The van der Waals surface area contributed by atoms with E-state index in [1.165, 1.54) is 12.1 Å². The van der Waals surface area contributed by atoms with Gasteiger partial charge in [-0.1, -0.05) is 68.4 Å². The zero-order valence-electron chi connectivity index (χ0n) is 19.3. The number of fused-ring (bicyclic) bond motifs is 1. The van der Waals surface area contributed by atoms with Gasteiger partial charge in [0, 0.05) is 17.7 Å². The number of hydrogen-bond donors (Lipinski definition) is 1. The molecule has 1 aliphatic heterocycles. The molecule has 0 saturated carbocycles. The van der Waals surface area contributed by atoms with Gasteiger partial charge in [-0.3, -0.25) is 14.5 Å². The van der Waals surface area contributed by atoms with E-state index < -0.39 is 6.04 Å². The van der Waals surface area contributed by atoms with Crippen molar-refractivity contribution in [2.24, 2.45) is 5.41 Å². The van der Waals surface area contributed by atoms with Gasteiger partial charge in [0.25, 0.3) is 0 Å². The van der Waals surface area contributed by atoms with E-state index in [1.807, 2.05) is 54.6 Å². The van der Waals surface area contributed by atoms with Crippen LogP contribution in [0.2, 0.25) is 0 Å². The highest BCUT2D eigenvalue weighted by molar-refractivity contribution is 6.06. The number of carbonyl (C=O) groups excluding carboxylic acids is 2. The van der Waals surface area contributed by atoms with Crippen LogP contribution in [-0.4, -0.2) is 11.7 Å². The Kier molecular flexibility index (Phi) is 5.56. The Hall–Kier alpha value is -3.73. The molecule has 1 heterocycles. The van der Waals surface area contributed by atoms with Crippen molar-refractivity contribution in [2.75, 3.05) is 10.2 Å². The Morgan fingerprint density at radius 3 is 2.38 bits per heavy atom. The van der Waals surface area contributed by atoms with Gasteiger partial charge >= 0.3 is 0 Å². The Bertz CT molecular complexity index is 1280. The van der Waals surface area contributed by atoms with Crippen LogP contribution >= 0.6 is 0 Å². The normalized spacial score (nSPS) is 19.1. The van der Waals surface area contributed by atoms with Crippen LogP contribution in [0.1, 0.15) is 43.9 Å². The first kappa shape index (κ1) is 22.1. The average Bonchev–Trinajstić information content (AvgIpc) is 2.94. The van der Waals surface area contributed by atoms with Crippen molar-refractivity contribution in [3.8, 4) is 0 Å². The lowest BCUT2D eigenvalue weighted by Crippen LogP contribution is -2.40. The van der Waals surface area contributed by atoms with Crippen LogP contribution in [0.15, 0.2) is 90.1 Å². The van der Waals surface area contributed by atoms with E-state index in [4.69, 9.17) is 0 Å². The second kappa shape index (κ2) is 8.56. The molecule has 0 bridgehead atoms. The number of nitrogens with one attached hydrogen (secondary N) is 1. The lowest BCUT2D eigenvalue weighted by Gasteiger charge is -2.37. The van der Waals surface area contributed by atoms with Crippen molar-refractivity contribution in [2.45, 2.75) is 39.2 Å². The number of nitrogens with zero attached hydrogens (tertiary/aromatic N) is 1. The van der Waals surface area contributed by atoms with Crippen LogP contribution in [-0.2, 0) is 16.0 Å². The topological polar surface area (TPSA) is 49.4 Å². The van der Waals surface area contributed by atoms with E-state index in [1.54, 1.807) is 17.0 Å². The second-order valence-corrected chi connectivity index (χ2v) is 9.86. The molecule has 0 fully saturated rings. The van der Waals surface area contributed by atoms with E-state index >= 15 is 0 Å². The number of amides is 1. The molecule has 4 nitrogen and oxygen atoms in total. The summed E-state index contributed by atoms with van der Waals surface area (Å²) in [6.45, 7) is 4.16. The summed E-state index contributed by atoms with van der Waals surface area (Å²) in [6, 6.07) is 22.7. The summed E-state index contributed by atoms with van der Waals surface area (Å²) < 4.78 is 13.9. The Morgan fingerprint density at radius 2 is 1.65 bits per heavy atom. The zero-order valence-corrected chi connectivity index (χ0v) is 19.3. The molecule has 3 aromatic rings. The lowest BCUT2D eigenvalue weighted by molar-refractivity contribution is -0.119. The quantitative estimate of drug-likeness (QED) is 0.512. The Balaban J connectivity index is 1.72. The van der Waals surface area contributed by atoms with Gasteiger partial charge < -0.3 is 5.32 Å². The summed E-state index contributed by atoms with van der Waals surface area (Å²) >= 11 is 0. The fourth-order valence-electron chi connectivity index (χ4n) is 5.08. The highest BCUT2D eigenvalue weighted by Crippen LogP contribution is 2.48. The molecule has 1 amide bonds. The zero-order chi connectivity index (χ0) is 23.9. The predicted octanol–water partition coefficient (Wildman–Crippen LogP) is 6.21. The van der Waals surface area contributed by atoms with E-state index in [9.17, 15) is 14.0 Å². The first-order chi connectivity index (χ1) is 16.3. The maximum atomic E-state index is 13.9. The standard InChI is InChI=1S/C29H27FN2O2/c1-29(2)17-23-27(25(33)18-29)28(20-12-14-21(30)15-13-20)32(24-11-7-6-10-22(24)31-23)26(34)16-19-8-4-3-5-9-19/h3-15,28,31H,16-18H2,1-2H3/t28-/m1/s1. The largest absolute Gasteiger partial charge is 0.357 e. The van der Waals surface area contributed by atoms with Gasteiger partial charge in [-0.05, 0) is 47.2 Å². The molecule has 0 aromatic heterocycles. The number of ketones is 1. The van der Waals surface area contributed by atoms with Crippen LogP contribution in [0.25, 0.3) is 0 Å². The molecule has 3 aromatic carbocycles. The van der Waals surface area contributed by atoms with Crippen LogP contribution in [0, 0.1) is 11.2 Å². The first-order valence-electron chi connectivity index (χ1n) is 11.6. The van der Waals surface area contributed by atoms with Crippen molar-refractivity contribution in [3.63, 3.8) is 0 Å². The summed E-state index contributed by atoms with van der Waals surface area (Å²) in [5.41, 5.74) is 4.31. The molecule has 5 rings (SSSR count). The average molecular weight is 455 g/mol. The third kappa shape index (κ3) is 4.14. The van der Waals surface area contributed by atoms with Gasteiger partial charge in [0.2, 0.25) is 5.91 Å². The van der Waals surface area contributed by atoms with Crippen LogP contribution in [0.5, 0.6) is 0 Å². The smallest absolute Gasteiger partial charge is 0.232 e. The Labute approximate surface area is 199 Å². The minimum absolute atomic E-state index is 0.0124. The lowest BCUT2D eigenvalue weighted by atomic mass is 9.73. The molecule has 2 aliphatic rings. The SMILES string of the molecule is CC1(C)CC(=O)C2=C(C1)Nc1ccccc1N(C(=O)Cc1ccccc1)[C@@H]2c1ccc(F)cc1. The number of rotatable bonds is 3. The molecule has 5 heteroatoms. The van der Waals surface area contributed by atoms with Gasteiger partial charge in [-0.15, -0.1) is 0 Å². The molecule has 1 atom stereocenters. The van der Waals surface area contributed by atoms with Crippen LogP contribution in [0.4, 0.5) is 15.8 Å². The summed E-state index contributed by atoms with van der Waals surface area (Å²) in [7, 11) is 0. The number of para-hydroxylation sites is 2. The van der Waals surface area contributed by atoms with Gasteiger partial charge in [-0.2, -0.15) is 0 Å². The van der Waals surface area contributed by atoms with Crippen molar-refractivity contribution >= 4 is 23.1 Å². The van der Waals surface area contributed by atoms with E-state index in [2.05, 4.69) is 19.2 Å². The van der Waals surface area contributed by atoms with Gasteiger partial charge in [-0.25, -0.2) is 4.39 Å². The summed E-state index contributed by atoms with van der Waals surface area (Å²) in [4.78, 5) is 29.3. The minimum atomic E-state index is -0.647. The molecule has 0 unspecified atom stereocenters. The summed E-state index contributed by atoms with van der Waals surface area (Å²) in [5.74, 6) is -0.470. The summed E-state index contributed by atoms with van der Waals surface area (Å²) in [5, 5.41) is 3.50.